The van der Waals surface area contributed by atoms with Crippen molar-refractivity contribution in [2.75, 3.05) is 18.1 Å². The van der Waals surface area contributed by atoms with Gasteiger partial charge in [0.15, 0.2) is 0 Å². The lowest BCUT2D eigenvalue weighted by Crippen LogP contribution is -2.31. The third kappa shape index (κ3) is 4.02. The maximum atomic E-state index is 3.50. The van der Waals surface area contributed by atoms with Gasteiger partial charge in [0, 0.05) is 6.04 Å². The first kappa shape index (κ1) is 9.40. The van der Waals surface area contributed by atoms with E-state index in [2.05, 4.69) is 30.9 Å². The van der Waals surface area contributed by atoms with E-state index in [9.17, 15) is 0 Å². The molecule has 1 fully saturated rings. The van der Waals surface area contributed by atoms with Crippen LogP contribution in [0.4, 0.5) is 0 Å². The highest BCUT2D eigenvalue weighted by molar-refractivity contribution is 7.99. The molecule has 1 unspecified atom stereocenters. The molecule has 66 valence electrons. The van der Waals surface area contributed by atoms with Crippen molar-refractivity contribution in [3.8, 4) is 0 Å². The van der Waals surface area contributed by atoms with E-state index in [-0.39, 0.29) is 0 Å². The first-order valence-electron chi connectivity index (χ1n) is 4.60. The van der Waals surface area contributed by atoms with Gasteiger partial charge in [-0.2, -0.15) is 11.8 Å². The molecule has 1 rings (SSSR count). The van der Waals surface area contributed by atoms with Crippen LogP contribution in [0.25, 0.3) is 0 Å². The molecule has 1 nitrogen and oxygen atoms in total. The minimum atomic E-state index is 0.655. The minimum absolute atomic E-state index is 0.655. The lowest BCUT2D eigenvalue weighted by Gasteiger charge is -2.22. The Balaban J connectivity index is 2.05. The molecular weight excluding hydrogens is 154 g/mol. The van der Waals surface area contributed by atoms with Crippen molar-refractivity contribution in [2.45, 2.75) is 32.7 Å². The highest BCUT2D eigenvalue weighted by Gasteiger charge is 2.12. The molecule has 11 heavy (non-hydrogen) atoms. The van der Waals surface area contributed by atoms with Crippen LogP contribution in [0.15, 0.2) is 0 Å². The van der Waals surface area contributed by atoms with Crippen molar-refractivity contribution >= 4 is 11.8 Å². The topological polar surface area (TPSA) is 12.0 Å². The normalized spacial score (nSPS) is 25.9. The SMILES string of the molecule is CC(C)NCC1CCCSC1. The average Bonchev–Trinajstić information content (AvgIpc) is 2.03. The summed E-state index contributed by atoms with van der Waals surface area (Å²) in [5.74, 6) is 3.70. The van der Waals surface area contributed by atoms with Crippen molar-refractivity contribution in [2.24, 2.45) is 5.92 Å². The average molecular weight is 173 g/mol. The lowest BCUT2D eigenvalue weighted by molar-refractivity contribution is 0.450. The van der Waals surface area contributed by atoms with Crippen LogP contribution in [0.5, 0.6) is 0 Å². The maximum Gasteiger partial charge on any atom is 0.00104 e. The van der Waals surface area contributed by atoms with E-state index < -0.39 is 0 Å². The Morgan fingerprint density at radius 1 is 1.55 bits per heavy atom. The summed E-state index contributed by atoms with van der Waals surface area (Å²) in [6, 6.07) is 0.655. The van der Waals surface area contributed by atoms with Crippen molar-refractivity contribution in [3.63, 3.8) is 0 Å². The van der Waals surface area contributed by atoms with E-state index in [4.69, 9.17) is 0 Å². The number of nitrogens with one attached hydrogen (secondary N) is 1. The summed E-state index contributed by atoms with van der Waals surface area (Å²) in [6.45, 7) is 5.66. The monoisotopic (exact) mass is 173 g/mol. The summed E-state index contributed by atoms with van der Waals surface area (Å²) in [4.78, 5) is 0. The smallest absolute Gasteiger partial charge is 0.00104 e. The highest BCUT2D eigenvalue weighted by atomic mass is 32.2. The zero-order chi connectivity index (χ0) is 8.10. The first-order valence-corrected chi connectivity index (χ1v) is 5.75. The van der Waals surface area contributed by atoms with Gasteiger partial charge in [-0.1, -0.05) is 13.8 Å². The molecule has 0 aromatic carbocycles. The fourth-order valence-electron chi connectivity index (χ4n) is 1.37. The summed E-state index contributed by atoms with van der Waals surface area (Å²) in [6.07, 6.45) is 2.86. The molecule has 0 spiro atoms. The largest absolute Gasteiger partial charge is 0.314 e. The molecule has 1 heterocycles. The number of hydrogen-bond donors (Lipinski definition) is 1. The Morgan fingerprint density at radius 3 is 2.91 bits per heavy atom. The van der Waals surface area contributed by atoms with Crippen LogP contribution in [0, 0.1) is 5.92 Å². The van der Waals surface area contributed by atoms with Gasteiger partial charge >= 0.3 is 0 Å². The second-order valence-electron chi connectivity index (χ2n) is 3.65. The van der Waals surface area contributed by atoms with Gasteiger partial charge in [-0.05, 0) is 36.8 Å². The summed E-state index contributed by atoms with van der Waals surface area (Å²) >= 11 is 2.11. The van der Waals surface area contributed by atoms with E-state index in [0.717, 1.165) is 5.92 Å². The summed E-state index contributed by atoms with van der Waals surface area (Å²) in [7, 11) is 0. The van der Waals surface area contributed by atoms with Gasteiger partial charge in [0.25, 0.3) is 0 Å². The van der Waals surface area contributed by atoms with Crippen LogP contribution in [0.2, 0.25) is 0 Å². The standard InChI is InChI=1S/C9H19NS/c1-8(2)10-6-9-4-3-5-11-7-9/h8-10H,3-7H2,1-2H3. The van der Waals surface area contributed by atoms with Crippen LogP contribution in [0.1, 0.15) is 26.7 Å². The first-order chi connectivity index (χ1) is 5.29. The van der Waals surface area contributed by atoms with Gasteiger partial charge in [-0.3, -0.25) is 0 Å². The predicted octanol–water partition coefficient (Wildman–Crippen LogP) is 2.13. The summed E-state index contributed by atoms with van der Waals surface area (Å²) < 4.78 is 0. The minimum Gasteiger partial charge on any atom is -0.314 e. The van der Waals surface area contributed by atoms with E-state index in [1.807, 2.05) is 0 Å². The predicted molar refractivity (Wildman–Crippen MR) is 53.2 cm³/mol. The molecule has 2 heteroatoms. The Labute approximate surface area is 74.3 Å². The molecule has 0 aromatic heterocycles. The van der Waals surface area contributed by atoms with Crippen LogP contribution >= 0.6 is 11.8 Å². The Bertz CT molecular complexity index is 97.7. The van der Waals surface area contributed by atoms with Gasteiger partial charge in [0.1, 0.15) is 0 Å². The number of rotatable bonds is 3. The molecule has 0 amide bonds. The van der Waals surface area contributed by atoms with E-state index in [1.165, 1.54) is 30.9 Å². The number of thioether (sulfide) groups is 1. The highest BCUT2D eigenvalue weighted by Crippen LogP contribution is 2.21. The lowest BCUT2D eigenvalue weighted by atomic mass is 10.1. The molecule has 0 saturated carbocycles. The fraction of sp³-hybridized carbons (Fsp3) is 1.00. The molecule has 1 saturated heterocycles. The molecule has 1 atom stereocenters. The van der Waals surface area contributed by atoms with Crippen LogP contribution in [-0.4, -0.2) is 24.1 Å². The van der Waals surface area contributed by atoms with Crippen molar-refractivity contribution in [1.29, 1.82) is 0 Å². The molecule has 0 radical (unpaired) electrons. The molecule has 1 aliphatic heterocycles. The van der Waals surface area contributed by atoms with Crippen molar-refractivity contribution in [3.05, 3.63) is 0 Å². The maximum absolute atomic E-state index is 3.50. The number of hydrogen-bond acceptors (Lipinski definition) is 2. The zero-order valence-corrected chi connectivity index (χ0v) is 8.41. The van der Waals surface area contributed by atoms with Crippen LogP contribution in [0.3, 0.4) is 0 Å². The molecule has 0 bridgehead atoms. The van der Waals surface area contributed by atoms with Crippen molar-refractivity contribution < 1.29 is 0 Å². The van der Waals surface area contributed by atoms with Crippen LogP contribution < -0.4 is 5.32 Å². The van der Waals surface area contributed by atoms with E-state index >= 15 is 0 Å². The molecular formula is C9H19NS. The third-order valence-corrected chi connectivity index (χ3v) is 3.35. The Hall–Kier alpha value is 0.310. The molecule has 1 N–H and O–H groups in total. The molecule has 0 aliphatic carbocycles. The Morgan fingerprint density at radius 2 is 2.36 bits per heavy atom. The van der Waals surface area contributed by atoms with Crippen molar-refractivity contribution in [1.82, 2.24) is 5.32 Å². The third-order valence-electron chi connectivity index (χ3n) is 2.07. The van der Waals surface area contributed by atoms with Gasteiger partial charge in [-0.15, -0.1) is 0 Å². The summed E-state index contributed by atoms with van der Waals surface area (Å²) in [5.41, 5.74) is 0. The molecule has 0 aromatic rings. The second-order valence-corrected chi connectivity index (χ2v) is 4.80. The quantitative estimate of drug-likeness (QED) is 0.701. The Kier molecular flexibility index (Phi) is 4.31. The van der Waals surface area contributed by atoms with Gasteiger partial charge in [0.05, 0.1) is 0 Å². The van der Waals surface area contributed by atoms with Gasteiger partial charge in [0.2, 0.25) is 0 Å². The molecule has 1 aliphatic rings. The zero-order valence-electron chi connectivity index (χ0n) is 7.60. The van der Waals surface area contributed by atoms with Gasteiger partial charge < -0.3 is 5.32 Å². The second kappa shape index (κ2) is 5.04. The van der Waals surface area contributed by atoms with E-state index in [0.29, 0.717) is 6.04 Å². The fourth-order valence-corrected chi connectivity index (χ4v) is 2.53. The van der Waals surface area contributed by atoms with Crippen LogP contribution in [-0.2, 0) is 0 Å². The van der Waals surface area contributed by atoms with E-state index in [1.54, 1.807) is 0 Å². The summed E-state index contributed by atoms with van der Waals surface area (Å²) in [5, 5.41) is 3.50. The van der Waals surface area contributed by atoms with Gasteiger partial charge in [-0.25, -0.2) is 0 Å².